The van der Waals surface area contributed by atoms with Gasteiger partial charge in [0.1, 0.15) is 5.82 Å². The lowest BCUT2D eigenvalue weighted by Gasteiger charge is -2.10. The Morgan fingerprint density at radius 3 is 2.48 bits per heavy atom. The molecule has 6 heteroatoms. The number of carboxylic acids is 1. The summed E-state index contributed by atoms with van der Waals surface area (Å²) < 4.78 is 13.1. The first-order valence-electron chi connectivity index (χ1n) is 5.99. The van der Waals surface area contributed by atoms with Crippen LogP contribution in [-0.2, 0) is 0 Å². The predicted octanol–water partition coefficient (Wildman–Crippen LogP) is 3.74. The molecule has 0 saturated heterocycles. The van der Waals surface area contributed by atoms with E-state index in [1.165, 1.54) is 12.1 Å². The van der Waals surface area contributed by atoms with E-state index in [1.807, 2.05) is 0 Å². The summed E-state index contributed by atoms with van der Waals surface area (Å²) in [6, 6.07) is 7.87. The van der Waals surface area contributed by atoms with Gasteiger partial charge in [0.15, 0.2) is 0 Å². The number of hydrogen-bond acceptors (Lipinski definition) is 2. The van der Waals surface area contributed by atoms with E-state index in [-0.39, 0.29) is 11.3 Å². The highest BCUT2D eigenvalue weighted by molar-refractivity contribution is 6.30. The molecule has 2 rings (SSSR count). The number of anilines is 1. The van der Waals surface area contributed by atoms with E-state index in [0.717, 1.165) is 12.1 Å². The van der Waals surface area contributed by atoms with Gasteiger partial charge in [-0.25, -0.2) is 9.18 Å². The van der Waals surface area contributed by atoms with Crippen LogP contribution in [-0.4, -0.2) is 17.0 Å². The fourth-order valence-electron chi connectivity index (χ4n) is 1.87. The smallest absolute Gasteiger partial charge is 0.337 e. The highest BCUT2D eigenvalue weighted by atomic mass is 35.5. The standard InChI is InChI=1S/C15H11ClFNO3/c1-8-6-9(16)2-4-11(8)14(19)18-13-5-3-10(17)7-12(13)15(20)21/h2-7H,1H3,(H,18,19)(H,20,21). The minimum atomic E-state index is -1.32. The molecule has 0 radical (unpaired) electrons. The summed E-state index contributed by atoms with van der Waals surface area (Å²) in [5.74, 6) is -2.50. The second kappa shape index (κ2) is 5.93. The van der Waals surface area contributed by atoms with Crippen molar-refractivity contribution in [1.82, 2.24) is 0 Å². The van der Waals surface area contributed by atoms with Gasteiger partial charge in [0.2, 0.25) is 0 Å². The van der Waals surface area contributed by atoms with Gasteiger partial charge in [0.05, 0.1) is 11.3 Å². The molecule has 21 heavy (non-hydrogen) atoms. The second-order valence-corrected chi connectivity index (χ2v) is 4.84. The topological polar surface area (TPSA) is 66.4 Å². The molecule has 2 N–H and O–H groups in total. The minimum Gasteiger partial charge on any atom is -0.478 e. The van der Waals surface area contributed by atoms with E-state index in [2.05, 4.69) is 5.32 Å². The maximum absolute atomic E-state index is 13.1. The molecule has 0 heterocycles. The normalized spacial score (nSPS) is 10.2. The van der Waals surface area contributed by atoms with Gasteiger partial charge in [-0.3, -0.25) is 4.79 Å². The van der Waals surface area contributed by atoms with Crippen molar-refractivity contribution in [3.8, 4) is 0 Å². The monoisotopic (exact) mass is 307 g/mol. The summed E-state index contributed by atoms with van der Waals surface area (Å²) in [4.78, 5) is 23.2. The third kappa shape index (κ3) is 3.38. The van der Waals surface area contributed by atoms with Crippen LogP contribution in [0.3, 0.4) is 0 Å². The fourth-order valence-corrected chi connectivity index (χ4v) is 2.10. The molecule has 0 saturated carbocycles. The molecule has 0 spiro atoms. The zero-order valence-corrected chi connectivity index (χ0v) is 11.7. The molecule has 0 aromatic heterocycles. The number of nitrogens with one attached hydrogen (secondary N) is 1. The van der Waals surface area contributed by atoms with Crippen LogP contribution in [0.4, 0.5) is 10.1 Å². The zero-order valence-electron chi connectivity index (χ0n) is 11.0. The van der Waals surface area contributed by atoms with Crippen LogP contribution < -0.4 is 5.32 Å². The summed E-state index contributed by atoms with van der Waals surface area (Å²) >= 11 is 5.81. The van der Waals surface area contributed by atoms with Crippen LogP contribution in [0.2, 0.25) is 5.02 Å². The minimum absolute atomic E-state index is 0.0308. The van der Waals surface area contributed by atoms with Gasteiger partial charge in [-0.15, -0.1) is 0 Å². The summed E-state index contributed by atoms with van der Waals surface area (Å²) in [5.41, 5.74) is 0.734. The van der Waals surface area contributed by atoms with Crippen LogP contribution in [0.1, 0.15) is 26.3 Å². The van der Waals surface area contributed by atoms with Crippen molar-refractivity contribution in [2.75, 3.05) is 5.32 Å². The lowest BCUT2D eigenvalue weighted by Crippen LogP contribution is -2.16. The molecule has 2 aromatic rings. The number of amides is 1. The SMILES string of the molecule is Cc1cc(Cl)ccc1C(=O)Nc1ccc(F)cc1C(=O)O. The van der Waals surface area contributed by atoms with Crippen molar-refractivity contribution >= 4 is 29.2 Å². The number of hydrogen-bond donors (Lipinski definition) is 2. The molecule has 0 unspecified atom stereocenters. The van der Waals surface area contributed by atoms with E-state index < -0.39 is 17.7 Å². The molecule has 2 aromatic carbocycles. The Kier molecular flexibility index (Phi) is 4.23. The number of aryl methyl sites for hydroxylation is 1. The second-order valence-electron chi connectivity index (χ2n) is 4.41. The Morgan fingerprint density at radius 1 is 1.14 bits per heavy atom. The number of carbonyl (C=O) groups is 2. The van der Waals surface area contributed by atoms with Gasteiger partial charge in [-0.1, -0.05) is 11.6 Å². The third-order valence-corrected chi connectivity index (χ3v) is 3.13. The highest BCUT2D eigenvalue weighted by Crippen LogP contribution is 2.20. The van der Waals surface area contributed by atoms with E-state index in [0.29, 0.717) is 16.1 Å². The van der Waals surface area contributed by atoms with Crippen LogP contribution >= 0.6 is 11.6 Å². The number of carboxylic acid groups (broad SMARTS) is 1. The highest BCUT2D eigenvalue weighted by Gasteiger charge is 2.15. The van der Waals surface area contributed by atoms with Crippen LogP contribution in [0, 0.1) is 12.7 Å². The summed E-state index contributed by atoms with van der Waals surface area (Å²) in [6.07, 6.45) is 0. The van der Waals surface area contributed by atoms with Gasteiger partial charge >= 0.3 is 5.97 Å². The maximum Gasteiger partial charge on any atom is 0.337 e. The van der Waals surface area contributed by atoms with Crippen molar-refractivity contribution in [2.45, 2.75) is 6.92 Å². The van der Waals surface area contributed by atoms with Crippen molar-refractivity contribution in [3.05, 3.63) is 63.9 Å². The molecule has 108 valence electrons. The lowest BCUT2D eigenvalue weighted by atomic mass is 10.1. The molecule has 0 bridgehead atoms. The Bertz CT molecular complexity index is 731. The summed E-state index contributed by atoms with van der Waals surface area (Å²) in [7, 11) is 0. The van der Waals surface area contributed by atoms with E-state index in [4.69, 9.17) is 16.7 Å². The Hall–Kier alpha value is -2.40. The van der Waals surface area contributed by atoms with E-state index in [9.17, 15) is 14.0 Å². The number of aromatic carboxylic acids is 1. The molecule has 0 fully saturated rings. The van der Waals surface area contributed by atoms with Gasteiger partial charge in [0, 0.05) is 10.6 Å². The average Bonchev–Trinajstić information content (AvgIpc) is 2.40. The molecule has 0 atom stereocenters. The molecular weight excluding hydrogens is 297 g/mol. The van der Waals surface area contributed by atoms with Crippen molar-refractivity contribution in [3.63, 3.8) is 0 Å². The molecule has 1 amide bonds. The van der Waals surface area contributed by atoms with Crippen LogP contribution in [0.5, 0.6) is 0 Å². The van der Waals surface area contributed by atoms with E-state index in [1.54, 1.807) is 19.1 Å². The molecule has 0 aliphatic rings. The Labute approximate surface area is 125 Å². The number of rotatable bonds is 3. The maximum atomic E-state index is 13.1. The van der Waals surface area contributed by atoms with Crippen molar-refractivity contribution in [2.24, 2.45) is 0 Å². The number of carbonyl (C=O) groups excluding carboxylic acids is 1. The zero-order chi connectivity index (χ0) is 15.6. The van der Waals surface area contributed by atoms with Crippen LogP contribution in [0.25, 0.3) is 0 Å². The van der Waals surface area contributed by atoms with Crippen LogP contribution in [0.15, 0.2) is 36.4 Å². The lowest BCUT2D eigenvalue weighted by molar-refractivity contribution is 0.0697. The van der Waals surface area contributed by atoms with E-state index >= 15 is 0 Å². The first kappa shape index (κ1) is 15.0. The number of halogens is 2. The molecule has 0 aliphatic heterocycles. The summed E-state index contributed by atoms with van der Waals surface area (Å²) in [6.45, 7) is 1.71. The van der Waals surface area contributed by atoms with Gasteiger partial charge in [0.25, 0.3) is 5.91 Å². The Morgan fingerprint density at radius 2 is 1.86 bits per heavy atom. The molecular formula is C15H11ClFNO3. The summed E-state index contributed by atoms with van der Waals surface area (Å²) in [5, 5.41) is 12.0. The first-order valence-corrected chi connectivity index (χ1v) is 6.36. The third-order valence-electron chi connectivity index (χ3n) is 2.89. The van der Waals surface area contributed by atoms with Crippen molar-refractivity contribution in [1.29, 1.82) is 0 Å². The largest absolute Gasteiger partial charge is 0.478 e. The van der Waals surface area contributed by atoms with Crippen molar-refractivity contribution < 1.29 is 19.1 Å². The average molecular weight is 308 g/mol. The first-order chi connectivity index (χ1) is 9.88. The molecule has 0 aliphatic carbocycles. The quantitative estimate of drug-likeness (QED) is 0.907. The Balaban J connectivity index is 2.34. The van der Waals surface area contributed by atoms with Gasteiger partial charge < -0.3 is 10.4 Å². The van der Waals surface area contributed by atoms with Gasteiger partial charge in [-0.2, -0.15) is 0 Å². The number of benzene rings is 2. The molecule has 4 nitrogen and oxygen atoms in total. The fraction of sp³-hybridized carbons (Fsp3) is 0.0667. The predicted molar refractivity (Wildman–Crippen MR) is 77.5 cm³/mol. The van der Waals surface area contributed by atoms with Gasteiger partial charge in [-0.05, 0) is 48.9 Å².